The summed E-state index contributed by atoms with van der Waals surface area (Å²) in [4.78, 5) is 2.59. The highest BCUT2D eigenvalue weighted by Crippen LogP contribution is 2.16. The van der Waals surface area contributed by atoms with Crippen LogP contribution in [0, 0.1) is 0 Å². The molecule has 0 saturated heterocycles. The molecule has 3 unspecified atom stereocenters. The third-order valence-corrected chi connectivity index (χ3v) is 3.71. The Hall–Kier alpha value is -0.120. The van der Waals surface area contributed by atoms with Crippen LogP contribution in [0.1, 0.15) is 53.9 Å². The Morgan fingerprint density at radius 3 is 2.22 bits per heavy atom. The predicted octanol–water partition coefficient (Wildman–Crippen LogP) is 2.90. The SMILES string of the molecule is CCCC(NCC)C(CC)N(CC)C(C)COC. The molecule has 3 atom stereocenters. The molecule has 0 aliphatic rings. The highest BCUT2D eigenvalue weighted by Gasteiger charge is 2.27. The molecule has 0 spiro atoms. The molecule has 0 rings (SSSR count). The molecule has 0 heterocycles. The van der Waals surface area contributed by atoms with Crippen LogP contribution >= 0.6 is 0 Å². The number of nitrogens with one attached hydrogen (secondary N) is 1. The van der Waals surface area contributed by atoms with Crippen LogP contribution in [0.3, 0.4) is 0 Å². The van der Waals surface area contributed by atoms with E-state index in [2.05, 4.69) is 44.8 Å². The first kappa shape index (κ1) is 17.9. The van der Waals surface area contributed by atoms with Crippen molar-refractivity contribution in [3.8, 4) is 0 Å². The first-order chi connectivity index (χ1) is 8.65. The molecule has 110 valence electrons. The number of hydrogen-bond donors (Lipinski definition) is 1. The average molecular weight is 258 g/mol. The molecule has 0 aromatic carbocycles. The van der Waals surface area contributed by atoms with E-state index in [1.54, 1.807) is 7.11 Å². The number of likely N-dealkylation sites (N-methyl/N-ethyl adjacent to an activating group) is 2. The zero-order valence-electron chi connectivity index (χ0n) is 13.3. The molecule has 0 aliphatic carbocycles. The van der Waals surface area contributed by atoms with Crippen molar-refractivity contribution >= 4 is 0 Å². The minimum absolute atomic E-state index is 0.489. The molecule has 1 N–H and O–H groups in total. The first-order valence-corrected chi connectivity index (χ1v) is 7.64. The Kier molecular flexibility index (Phi) is 10.7. The van der Waals surface area contributed by atoms with Gasteiger partial charge in [-0.15, -0.1) is 0 Å². The molecule has 0 aromatic rings. The molecule has 0 aliphatic heterocycles. The van der Waals surface area contributed by atoms with Crippen LogP contribution in [-0.4, -0.2) is 49.8 Å². The number of nitrogens with zero attached hydrogens (tertiary/aromatic N) is 1. The second-order valence-corrected chi connectivity index (χ2v) is 5.06. The van der Waals surface area contributed by atoms with Gasteiger partial charge in [0.2, 0.25) is 0 Å². The Morgan fingerprint density at radius 2 is 1.83 bits per heavy atom. The minimum Gasteiger partial charge on any atom is -0.383 e. The lowest BCUT2D eigenvalue weighted by Crippen LogP contribution is -2.53. The van der Waals surface area contributed by atoms with Crippen LogP contribution in [0.4, 0.5) is 0 Å². The average Bonchev–Trinajstić information content (AvgIpc) is 2.35. The summed E-state index contributed by atoms with van der Waals surface area (Å²) in [5.74, 6) is 0. The van der Waals surface area contributed by atoms with Gasteiger partial charge in [-0.05, 0) is 32.9 Å². The van der Waals surface area contributed by atoms with E-state index in [0.717, 1.165) is 19.7 Å². The number of methoxy groups -OCH3 is 1. The van der Waals surface area contributed by atoms with E-state index in [0.29, 0.717) is 18.1 Å². The maximum absolute atomic E-state index is 5.32. The molecule has 0 saturated carbocycles. The second-order valence-electron chi connectivity index (χ2n) is 5.06. The smallest absolute Gasteiger partial charge is 0.0615 e. The second kappa shape index (κ2) is 10.8. The summed E-state index contributed by atoms with van der Waals surface area (Å²) in [6.07, 6.45) is 3.69. The fourth-order valence-electron chi connectivity index (χ4n) is 2.96. The molecule has 0 aromatic heterocycles. The molecule has 0 fully saturated rings. The van der Waals surface area contributed by atoms with Crippen molar-refractivity contribution in [3.63, 3.8) is 0 Å². The van der Waals surface area contributed by atoms with Gasteiger partial charge in [-0.2, -0.15) is 0 Å². The van der Waals surface area contributed by atoms with Crippen molar-refractivity contribution in [1.82, 2.24) is 10.2 Å². The fourth-order valence-corrected chi connectivity index (χ4v) is 2.96. The van der Waals surface area contributed by atoms with Gasteiger partial charge in [0.1, 0.15) is 0 Å². The summed E-state index contributed by atoms with van der Waals surface area (Å²) in [6, 6.07) is 1.70. The van der Waals surface area contributed by atoms with E-state index < -0.39 is 0 Å². The van der Waals surface area contributed by atoms with Gasteiger partial charge < -0.3 is 10.1 Å². The summed E-state index contributed by atoms with van der Waals surface area (Å²) >= 11 is 0. The normalized spacial score (nSPS) is 16.8. The highest BCUT2D eigenvalue weighted by molar-refractivity contribution is 4.85. The molecular weight excluding hydrogens is 224 g/mol. The van der Waals surface area contributed by atoms with E-state index in [1.165, 1.54) is 19.3 Å². The van der Waals surface area contributed by atoms with Crippen LogP contribution in [0.25, 0.3) is 0 Å². The van der Waals surface area contributed by atoms with Crippen molar-refractivity contribution in [1.29, 1.82) is 0 Å². The summed E-state index contributed by atoms with van der Waals surface area (Å²) in [6.45, 7) is 14.2. The Labute approximate surface area is 114 Å². The molecule has 3 nitrogen and oxygen atoms in total. The molecule has 0 amide bonds. The van der Waals surface area contributed by atoms with E-state index >= 15 is 0 Å². The van der Waals surface area contributed by atoms with E-state index in [1.807, 2.05) is 0 Å². The molecular formula is C15H34N2O. The maximum Gasteiger partial charge on any atom is 0.0615 e. The summed E-state index contributed by atoms with van der Waals surface area (Å²) in [5, 5.41) is 3.66. The van der Waals surface area contributed by atoms with Gasteiger partial charge >= 0.3 is 0 Å². The van der Waals surface area contributed by atoms with Crippen molar-refractivity contribution in [2.75, 3.05) is 26.8 Å². The number of hydrogen-bond acceptors (Lipinski definition) is 3. The summed E-state index contributed by atoms with van der Waals surface area (Å²) in [7, 11) is 1.79. The summed E-state index contributed by atoms with van der Waals surface area (Å²) < 4.78 is 5.32. The van der Waals surface area contributed by atoms with E-state index in [-0.39, 0.29) is 0 Å². The molecule has 0 bridgehead atoms. The minimum atomic E-state index is 0.489. The van der Waals surface area contributed by atoms with E-state index in [4.69, 9.17) is 4.74 Å². The maximum atomic E-state index is 5.32. The van der Waals surface area contributed by atoms with Gasteiger partial charge in [-0.1, -0.05) is 34.1 Å². The van der Waals surface area contributed by atoms with Crippen LogP contribution < -0.4 is 5.32 Å². The van der Waals surface area contributed by atoms with Gasteiger partial charge in [0.05, 0.1) is 6.61 Å². The largest absolute Gasteiger partial charge is 0.383 e. The quantitative estimate of drug-likeness (QED) is 0.617. The van der Waals surface area contributed by atoms with Crippen LogP contribution in [0.15, 0.2) is 0 Å². The molecule has 0 radical (unpaired) electrons. The molecule has 18 heavy (non-hydrogen) atoms. The van der Waals surface area contributed by atoms with Crippen LogP contribution in [0.5, 0.6) is 0 Å². The standard InChI is InChI=1S/C15H34N2O/c1-7-11-14(16-9-3)15(8-2)17(10-4)13(5)12-18-6/h13-16H,7-12H2,1-6H3. The fraction of sp³-hybridized carbons (Fsp3) is 1.00. The lowest BCUT2D eigenvalue weighted by atomic mass is 9.97. The lowest BCUT2D eigenvalue weighted by molar-refractivity contribution is 0.0555. The third-order valence-electron chi connectivity index (χ3n) is 3.71. The van der Waals surface area contributed by atoms with Crippen LogP contribution in [-0.2, 0) is 4.74 Å². The van der Waals surface area contributed by atoms with Gasteiger partial charge in [-0.3, -0.25) is 4.90 Å². The third kappa shape index (κ3) is 5.68. The number of ether oxygens (including phenoxy) is 1. The van der Waals surface area contributed by atoms with Crippen molar-refractivity contribution in [3.05, 3.63) is 0 Å². The van der Waals surface area contributed by atoms with Crippen LogP contribution in [0.2, 0.25) is 0 Å². The van der Waals surface area contributed by atoms with Crippen molar-refractivity contribution < 1.29 is 4.74 Å². The van der Waals surface area contributed by atoms with Gasteiger partial charge in [0, 0.05) is 25.2 Å². The zero-order valence-corrected chi connectivity index (χ0v) is 13.3. The number of rotatable bonds is 11. The Morgan fingerprint density at radius 1 is 1.17 bits per heavy atom. The predicted molar refractivity (Wildman–Crippen MR) is 80.2 cm³/mol. The lowest BCUT2D eigenvalue weighted by Gasteiger charge is -2.40. The topological polar surface area (TPSA) is 24.5 Å². The van der Waals surface area contributed by atoms with Gasteiger partial charge in [-0.25, -0.2) is 0 Å². The van der Waals surface area contributed by atoms with Gasteiger partial charge in [0.25, 0.3) is 0 Å². The van der Waals surface area contributed by atoms with Gasteiger partial charge in [0.15, 0.2) is 0 Å². The zero-order chi connectivity index (χ0) is 14.0. The van der Waals surface area contributed by atoms with Crippen molar-refractivity contribution in [2.24, 2.45) is 0 Å². The first-order valence-electron chi connectivity index (χ1n) is 7.64. The monoisotopic (exact) mass is 258 g/mol. The highest BCUT2D eigenvalue weighted by atomic mass is 16.5. The Bertz CT molecular complexity index is 181. The van der Waals surface area contributed by atoms with Crippen molar-refractivity contribution in [2.45, 2.75) is 72.0 Å². The summed E-state index contributed by atoms with van der Waals surface area (Å²) in [5.41, 5.74) is 0. The molecule has 3 heteroatoms. The van der Waals surface area contributed by atoms with E-state index in [9.17, 15) is 0 Å². The Balaban J connectivity index is 4.73.